The van der Waals surface area contributed by atoms with Crippen molar-refractivity contribution < 1.29 is 19.4 Å². The van der Waals surface area contributed by atoms with Crippen LogP contribution < -0.4 is 5.32 Å². The number of carboxylic acids is 1. The SMILES string of the molecule is O=C(N[C@H](Cc1ccccc1)C(=O)O)c1cnc(C2CCCO2)s1. The Balaban J connectivity index is 1.66. The number of carbonyl (C=O) groups excluding carboxylic acids is 1. The molecule has 7 heteroatoms. The fraction of sp³-hybridized carbons (Fsp3) is 0.353. The van der Waals surface area contributed by atoms with Gasteiger partial charge in [0.25, 0.3) is 5.91 Å². The van der Waals surface area contributed by atoms with E-state index in [1.807, 2.05) is 30.3 Å². The molecule has 1 saturated heterocycles. The molecule has 1 aliphatic heterocycles. The molecule has 0 radical (unpaired) electrons. The van der Waals surface area contributed by atoms with Crippen molar-refractivity contribution in [1.82, 2.24) is 10.3 Å². The second-order valence-corrected chi connectivity index (χ2v) is 6.68. The molecule has 0 spiro atoms. The molecule has 1 amide bonds. The largest absolute Gasteiger partial charge is 0.480 e. The van der Waals surface area contributed by atoms with Crippen LogP contribution in [0.3, 0.4) is 0 Å². The van der Waals surface area contributed by atoms with E-state index < -0.39 is 17.9 Å². The van der Waals surface area contributed by atoms with E-state index in [-0.39, 0.29) is 12.5 Å². The third-order valence-corrected chi connectivity index (χ3v) is 4.93. The summed E-state index contributed by atoms with van der Waals surface area (Å²) in [6.07, 6.45) is 3.57. The number of rotatable bonds is 6. The molecule has 2 aromatic rings. The number of amides is 1. The molecule has 1 aromatic heterocycles. The number of hydrogen-bond donors (Lipinski definition) is 2. The molecule has 1 aliphatic rings. The Kier molecular flexibility index (Phi) is 5.22. The van der Waals surface area contributed by atoms with Gasteiger partial charge in [0.05, 0.1) is 6.20 Å². The lowest BCUT2D eigenvalue weighted by atomic mass is 10.1. The Morgan fingerprint density at radius 2 is 2.17 bits per heavy atom. The Labute approximate surface area is 143 Å². The molecule has 1 aromatic carbocycles. The number of nitrogens with zero attached hydrogens (tertiary/aromatic N) is 1. The Morgan fingerprint density at radius 1 is 1.38 bits per heavy atom. The minimum atomic E-state index is -1.06. The van der Waals surface area contributed by atoms with E-state index in [0.717, 1.165) is 23.4 Å². The van der Waals surface area contributed by atoms with Gasteiger partial charge in [0.15, 0.2) is 0 Å². The van der Waals surface area contributed by atoms with Crippen molar-refractivity contribution in [1.29, 1.82) is 0 Å². The fourth-order valence-electron chi connectivity index (χ4n) is 2.59. The predicted molar refractivity (Wildman–Crippen MR) is 89.1 cm³/mol. The number of carbonyl (C=O) groups is 2. The molecule has 1 fully saturated rings. The molecule has 6 nitrogen and oxygen atoms in total. The van der Waals surface area contributed by atoms with Gasteiger partial charge in [-0.15, -0.1) is 11.3 Å². The van der Waals surface area contributed by atoms with E-state index in [1.54, 1.807) is 0 Å². The lowest BCUT2D eigenvalue weighted by Crippen LogP contribution is -2.42. The van der Waals surface area contributed by atoms with Crippen LogP contribution in [0.15, 0.2) is 36.5 Å². The maximum absolute atomic E-state index is 12.3. The van der Waals surface area contributed by atoms with Crippen LogP contribution >= 0.6 is 11.3 Å². The van der Waals surface area contributed by atoms with Gasteiger partial charge >= 0.3 is 5.97 Å². The van der Waals surface area contributed by atoms with Crippen molar-refractivity contribution in [3.63, 3.8) is 0 Å². The van der Waals surface area contributed by atoms with Crippen LogP contribution in [0.4, 0.5) is 0 Å². The molecule has 0 aliphatic carbocycles. The van der Waals surface area contributed by atoms with Gasteiger partial charge in [0.2, 0.25) is 0 Å². The number of nitrogens with one attached hydrogen (secondary N) is 1. The van der Waals surface area contributed by atoms with Gasteiger partial charge < -0.3 is 15.2 Å². The molecule has 2 heterocycles. The molecular formula is C17H18N2O4S. The first-order valence-corrected chi connectivity index (χ1v) is 8.60. The third kappa shape index (κ3) is 3.98. The Bertz CT molecular complexity index is 710. The second-order valence-electron chi connectivity index (χ2n) is 5.62. The Morgan fingerprint density at radius 3 is 2.83 bits per heavy atom. The summed E-state index contributed by atoms with van der Waals surface area (Å²) in [5.74, 6) is -1.48. The lowest BCUT2D eigenvalue weighted by molar-refractivity contribution is -0.139. The summed E-state index contributed by atoms with van der Waals surface area (Å²) in [5, 5.41) is 12.7. The normalized spacial score (nSPS) is 18.2. The number of carboxylic acid groups (broad SMARTS) is 1. The van der Waals surface area contributed by atoms with Gasteiger partial charge in [-0.2, -0.15) is 0 Å². The maximum Gasteiger partial charge on any atom is 0.326 e. The molecule has 2 N–H and O–H groups in total. The molecular weight excluding hydrogens is 328 g/mol. The van der Waals surface area contributed by atoms with E-state index in [2.05, 4.69) is 10.3 Å². The number of hydrogen-bond acceptors (Lipinski definition) is 5. The first kappa shape index (κ1) is 16.6. The van der Waals surface area contributed by atoms with Crippen LogP contribution in [0, 0.1) is 0 Å². The number of aromatic nitrogens is 1. The van der Waals surface area contributed by atoms with Gasteiger partial charge in [-0.05, 0) is 18.4 Å². The van der Waals surface area contributed by atoms with Crippen LogP contribution in [-0.4, -0.2) is 34.6 Å². The molecule has 1 unspecified atom stereocenters. The first-order valence-electron chi connectivity index (χ1n) is 7.78. The number of ether oxygens (including phenoxy) is 1. The fourth-order valence-corrected chi connectivity index (χ4v) is 3.50. The van der Waals surface area contributed by atoms with Crippen LogP contribution in [0.1, 0.15) is 39.2 Å². The number of aliphatic carboxylic acids is 1. The number of thiazole rings is 1. The minimum Gasteiger partial charge on any atom is -0.480 e. The highest BCUT2D eigenvalue weighted by atomic mass is 32.1. The molecule has 24 heavy (non-hydrogen) atoms. The van der Waals surface area contributed by atoms with E-state index >= 15 is 0 Å². The summed E-state index contributed by atoms with van der Waals surface area (Å²) in [6.45, 7) is 0.712. The number of benzene rings is 1. The van der Waals surface area contributed by atoms with Crippen molar-refractivity contribution in [3.8, 4) is 0 Å². The summed E-state index contributed by atoms with van der Waals surface area (Å²) >= 11 is 1.26. The van der Waals surface area contributed by atoms with Crippen LogP contribution in [0.5, 0.6) is 0 Å². The van der Waals surface area contributed by atoms with E-state index in [9.17, 15) is 14.7 Å². The predicted octanol–water partition coefficient (Wildman–Crippen LogP) is 2.42. The smallest absolute Gasteiger partial charge is 0.326 e. The zero-order valence-electron chi connectivity index (χ0n) is 13.0. The molecule has 0 saturated carbocycles. The summed E-state index contributed by atoms with van der Waals surface area (Å²) < 4.78 is 5.55. The van der Waals surface area contributed by atoms with E-state index in [1.165, 1.54) is 17.5 Å². The summed E-state index contributed by atoms with van der Waals surface area (Å²) in [7, 11) is 0. The van der Waals surface area contributed by atoms with Crippen molar-refractivity contribution >= 4 is 23.2 Å². The van der Waals surface area contributed by atoms with Gasteiger partial charge in [-0.1, -0.05) is 30.3 Å². The highest BCUT2D eigenvalue weighted by Gasteiger charge is 2.25. The first-order chi connectivity index (χ1) is 11.6. The van der Waals surface area contributed by atoms with Crippen LogP contribution in [0.2, 0.25) is 0 Å². The van der Waals surface area contributed by atoms with E-state index in [0.29, 0.717) is 11.5 Å². The second kappa shape index (κ2) is 7.55. The summed E-state index contributed by atoms with van der Waals surface area (Å²) in [4.78, 5) is 28.4. The lowest BCUT2D eigenvalue weighted by Gasteiger charge is -2.13. The molecule has 0 bridgehead atoms. The Hall–Kier alpha value is -2.25. The standard InChI is InChI=1S/C17H18N2O4S/c20-15(14-10-18-16(24-14)13-7-4-8-23-13)19-12(17(21)22)9-11-5-2-1-3-6-11/h1-3,5-6,10,12-13H,4,7-9H2,(H,19,20)(H,21,22)/t12-,13?/m1/s1. The molecule has 2 atom stereocenters. The average molecular weight is 346 g/mol. The van der Waals surface area contributed by atoms with Crippen LogP contribution in [0.25, 0.3) is 0 Å². The van der Waals surface area contributed by atoms with Crippen LogP contribution in [-0.2, 0) is 16.0 Å². The third-order valence-electron chi connectivity index (χ3n) is 3.84. The summed E-state index contributed by atoms with van der Waals surface area (Å²) in [6, 6.07) is 8.24. The average Bonchev–Trinajstić information content (AvgIpc) is 3.26. The molecule has 3 rings (SSSR count). The maximum atomic E-state index is 12.3. The van der Waals surface area contributed by atoms with Gasteiger partial charge in [-0.3, -0.25) is 4.79 Å². The minimum absolute atomic E-state index is 0.0452. The van der Waals surface area contributed by atoms with Gasteiger partial charge in [0.1, 0.15) is 22.0 Å². The zero-order chi connectivity index (χ0) is 16.9. The van der Waals surface area contributed by atoms with E-state index in [4.69, 9.17) is 4.74 Å². The summed E-state index contributed by atoms with van der Waals surface area (Å²) in [5.41, 5.74) is 0.856. The molecule has 126 valence electrons. The van der Waals surface area contributed by atoms with Crippen molar-refractivity contribution in [2.24, 2.45) is 0 Å². The van der Waals surface area contributed by atoms with Crippen molar-refractivity contribution in [2.45, 2.75) is 31.4 Å². The van der Waals surface area contributed by atoms with Crippen molar-refractivity contribution in [2.75, 3.05) is 6.61 Å². The highest BCUT2D eigenvalue weighted by Crippen LogP contribution is 2.31. The monoisotopic (exact) mass is 346 g/mol. The van der Waals surface area contributed by atoms with Gasteiger partial charge in [-0.25, -0.2) is 9.78 Å². The topological polar surface area (TPSA) is 88.5 Å². The highest BCUT2D eigenvalue weighted by molar-refractivity contribution is 7.13. The van der Waals surface area contributed by atoms with Gasteiger partial charge in [0, 0.05) is 13.0 Å². The quantitative estimate of drug-likeness (QED) is 0.838. The van der Waals surface area contributed by atoms with Crippen molar-refractivity contribution in [3.05, 3.63) is 52.0 Å². The zero-order valence-corrected chi connectivity index (χ0v) is 13.8.